The van der Waals surface area contributed by atoms with Crippen LogP contribution in [-0.4, -0.2) is 17.5 Å². The summed E-state index contributed by atoms with van der Waals surface area (Å²) >= 11 is 0. The number of hydrogen-bond donors (Lipinski definition) is 1. The largest absolute Gasteiger partial charge is 0.388 e. The molecule has 0 radical (unpaired) electrons. The molecule has 1 atom stereocenters. The molecule has 0 spiro atoms. The molecule has 2 nitrogen and oxygen atoms in total. The van der Waals surface area contributed by atoms with Gasteiger partial charge in [0.25, 0.3) is 0 Å². The van der Waals surface area contributed by atoms with E-state index in [4.69, 9.17) is 0 Å². The van der Waals surface area contributed by atoms with E-state index in [0.29, 0.717) is 5.57 Å². The van der Waals surface area contributed by atoms with E-state index < -0.39 is 6.10 Å². The van der Waals surface area contributed by atoms with Gasteiger partial charge in [-0.25, -0.2) is 0 Å². The maximum atomic E-state index is 10.8. The zero-order valence-corrected chi connectivity index (χ0v) is 9.15. The normalized spacial score (nSPS) is 17.7. The van der Waals surface area contributed by atoms with Crippen LogP contribution >= 0.6 is 0 Å². The van der Waals surface area contributed by atoms with Gasteiger partial charge in [0.05, 0.1) is 6.10 Å². The molecule has 0 aromatic heterocycles. The molecule has 1 rings (SSSR count). The summed E-state index contributed by atoms with van der Waals surface area (Å²) in [5.41, 5.74) is 1.36. The Morgan fingerprint density at radius 3 is 2.87 bits per heavy atom. The van der Waals surface area contributed by atoms with E-state index in [0.717, 1.165) is 37.5 Å². The quantitative estimate of drug-likeness (QED) is 0.702. The number of aliphatic hydroxyl groups is 1. The van der Waals surface area contributed by atoms with Crippen LogP contribution in [0.25, 0.3) is 0 Å². The molecule has 1 aliphatic rings. The Kier molecular flexibility index (Phi) is 5.05. The van der Waals surface area contributed by atoms with Gasteiger partial charge < -0.3 is 5.11 Å². The summed E-state index contributed by atoms with van der Waals surface area (Å²) in [4.78, 5) is 10.8. The molecule has 2 heteroatoms. The van der Waals surface area contributed by atoms with Crippen LogP contribution in [0, 0.1) is 0 Å². The summed E-state index contributed by atoms with van der Waals surface area (Å²) in [5.74, 6) is 0. The van der Waals surface area contributed by atoms with Crippen LogP contribution < -0.4 is 0 Å². The Balaban J connectivity index is 2.81. The first-order chi connectivity index (χ1) is 7.29. The van der Waals surface area contributed by atoms with Crippen molar-refractivity contribution in [3.8, 4) is 0 Å². The highest BCUT2D eigenvalue weighted by molar-refractivity contribution is 5.80. The predicted molar refractivity (Wildman–Crippen MR) is 61.5 cm³/mol. The zero-order chi connectivity index (χ0) is 11.1. The number of carbonyl (C=O) groups excluding carboxylic acids is 1. The van der Waals surface area contributed by atoms with Crippen molar-refractivity contribution in [3.05, 3.63) is 35.5 Å². The second kappa shape index (κ2) is 6.36. The first-order valence-electron chi connectivity index (χ1n) is 5.50. The van der Waals surface area contributed by atoms with Crippen molar-refractivity contribution in [2.24, 2.45) is 0 Å². The molecule has 0 aromatic carbocycles. The number of unbranched alkanes of at least 4 members (excludes halogenated alkanes) is 1. The van der Waals surface area contributed by atoms with E-state index in [1.54, 1.807) is 6.08 Å². The predicted octanol–water partition coefficient (Wildman–Crippen LogP) is 2.55. The summed E-state index contributed by atoms with van der Waals surface area (Å²) in [6, 6.07) is 0. The van der Waals surface area contributed by atoms with Crippen LogP contribution in [0.15, 0.2) is 35.5 Å². The highest BCUT2D eigenvalue weighted by Crippen LogP contribution is 2.18. The molecular formula is C13H18O2. The molecule has 0 amide bonds. The minimum absolute atomic E-state index is 0.510. The number of allylic oxidation sites excluding steroid dienone is 4. The monoisotopic (exact) mass is 206 g/mol. The van der Waals surface area contributed by atoms with Crippen LogP contribution in [0.3, 0.4) is 0 Å². The molecule has 0 heterocycles. The number of carbonyl (C=O) groups is 1. The molecule has 1 N–H and O–H groups in total. The fourth-order valence-electron chi connectivity index (χ4n) is 1.62. The number of hydrogen-bond acceptors (Lipinski definition) is 2. The third-order valence-corrected chi connectivity index (χ3v) is 2.52. The van der Waals surface area contributed by atoms with E-state index in [9.17, 15) is 9.90 Å². The summed E-state index contributed by atoms with van der Waals surface area (Å²) < 4.78 is 0. The van der Waals surface area contributed by atoms with Crippen molar-refractivity contribution in [1.82, 2.24) is 0 Å². The number of aliphatic hydroxyl groups excluding tert-OH is 1. The third kappa shape index (κ3) is 3.48. The highest BCUT2D eigenvalue weighted by atomic mass is 16.3. The molecule has 82 valence electrons. The molecule has 0 bridgehead atoms. The topological polar surface area (TPSA) is 37.3 Å². The Bertz CT molecular complexity index is 298. The summed E-state index contributed by atoms with van der Waals surface area (Å²) in [6.07, 6.45) is 11.4. The fourth-order valence-corrected chi connectivity index (χ4v) is 1.62. The van der Waals surface area contributed by atoms with E-state index >= 15 is 0 Å². The van der Waals surface area contributed by atoms with Gasteiger partial charge in [-0.3, -0.25) is 4.79 Å². The van der Waals surface area contributed by atoms with Gasteiger partial charge in [0, 0.05) is 5.57 Å². The van der Waals surface area contributed by atoms with Crippen molar-refractivity contribution in [2.45, 2.75) is 38.7 Å². The lowest BCUT2D eigenvalue weighted by Crippen LogP contribution is -2.11. The molecule has 0 saturated heterocycles. The van der Waals surface area contributed by atoms with Gasteiger partial charge in [-0.15, -0.1) is 0 Å². The van der Waals surface area contributed by atoms with Gasteiger partial charge in [-0.2, -0.15) is 0 Å². The minimum atomic E-state index is -0.510. The lowest BCUT2D eigenvalue weighted by Gasteiger charge is -2.12. The van der Waals surface area contributed by atoms with Gasteiger partial charge in [-0.1, -0.05) is 44.1 Å². The summed E-state index contributed by atoms with van der Waals surface area (Å²) in [5, 5.41) is 9.93. The Morgan fingerprint density at radius 2 is 2.20 bits per heavy atom. The van der Waals surface area contributed by atoms with E-state index in [1.165, 1.54) is 0 Å². The fraction of sp³-hybridized carbons (Fsp3) is 0.462. The van der Waals surface area contributed by atoms with E-state index in [1.807, 2.05) is 18.2 Å². The second-order valence-corrected chi connectivity index (χ2v) is 3.73. The van der Waals surface area contributed by atoms with Gasteiger partial charge in [0.15, 0.2) is 0 Å². The Morgan fingerprint density at radius 1 is 1.47 bits per heavy atom. The summed E-state index contributed by atoms with van der Waals surface area (Å²) in [6.45, 7) is 2.09. The number of rotatable bonds is 5. The SMILES string of the molecule is CCCCC(O)C1=C(C=O)C=CCC=C1. The van der Waals surface area contributed by atoms with Crippen LogP contribution in [0.5, 0.6) is 0 Å². The van der Waals surface area contributed by atoms with Crippen molar-refractivity contribution in [1.29, 1.82) is 0 Å². The molecule has 0 aliphatic heterocycles. The van der Waals surface area contributed by atoms with E-state index in [-0.39, 0.29) is 0 Å². The van der Waals surface area contributed by atoms with Crippen LogP contribution in [0.1, 0.15) is 32.6 Å². The standard InChI is InChI=1S/C13H18O2/c1-2-3-9-13(15)12-8-6-4-5-7-11(12)10-14/h5-8,10,13,15H,2-4,9H2,1H3. The lowest BCUT2D eigenvalue weighted by molar-refractivity contribution is -0.104. The molecule has 0 fully saturated rings. The lowest BCUT2D eigenvalue weighted by atomic mass is 9.99. The smallest absolute Gasteiger partial charge is 0.150 e. The Hall–Kier alpha value is -1.15. The van der Waals surface area contributed by atoms with Crippen LogP contribution in [-0.2, 0) is 4.79 Å². The van der Waals surface area contributed by atoms with Crippen molar-refractivity contribution >= 4 is 6.29 Å². The first-order valence-corrected chi connectivity index (χ1v) is 5.50. The average Bonchev–Trinajstić information content (AvgIpc) is 2.50. The maximum Gasteiger partial charge on any atom is 0.150 e. The van der Waals surface area contributed by atoms with Gasteiger partial charge in [0.2, 0.25) is 0 Å². The molecular weight excluding hydrogens is 188 g/mol. The highest BCUT2D eigenvalue weighted by Gasteiger charge is 2.12. The van der Waals surface area contributed by atoms with Gasteiger partial charge >= 0.3 is 0 Å². The molecule has 1 aliphatic carbocycles. The van der Waals surface area contributed by atoms with Crippen molar-refractivity contribution < 1.29 is 9.90 Å². The van der Waals surface area contributed by atoms with Gasteiger partial charge in [0.1, 0.15) is 6.29 Å². The molecule has 15 heavy (non-hydrogen) atoms. The molecule has 1 unspecified atom stereocenters. The van der Waals surface area contributed by atoms with Crippen LogP contribution in [0.2, 0.25) is 0 Å². The van der Waals surface area contributed by atoms with Crippen LogP contribution in [0.4, 0.5) is 0 Å². The zero-order valence-electron chi connectivity index (χ0n) is 9.15. The second-order valence-electron chi connectivity index (χ2n) is 3.73. The van der Waals surface area contributed by atoms with E-state index in [2.05, 4.69) is 6.92 Å². The van der Waals surface area contributed by atoms with Crippen molar-refractivity contribution in [2.75, 3.05) is 0 Å². The van der Waals surface area contributed by atoms with Crippen molar-refractivity contribution in [3.63, 3.8) is 0 Å². The third-order valence-electron chi connectivity index (χ3n) is 2.52. The van der Waals surface area contributed by atoms with Gasteiger partial charge in [-0.05, 0) is 18.4 Å². The summed E-state index contributed by atoms with van der Waals surface area (Å²) in [7, 11) is 0. The average molecular weight is 206 g/mol. The molecule has 0 saturated carbocycles. The number of aldehydes is 1. The molecule has 0 aromatic rings. The minimum Gasteiger partial charge on any atom is -0.388 e. The first kappa shape index (κ1) is 11.9. The Labute approximate surface area is 91.0 Å². The maximum absolute atomic E-state index is 10.8.